The Bertz CT molecular complexity index is 1590. The van der Waals surface area contributed by atoms with E-state index in [0.29, 0.717) is 11.1 Å². The first-order chi connectivity index (χ1) is 17.8. The van der Waals surface area contributed by atoms with Gasteiger partial charge in [-0.15, -0.1) is 0 Å². The van der Waals surface area contributed by atoms with E-state index in [0.717, 1.165) is 16.7 Å². The maximum atomic E-state index is 14.5. The van der Waals surface area contributed by atoms with Crippen LogP contribution in [0.25, 0.3) is 22.2 Å². The van der Waals surface area contributed by atoms with Crippen LogP contribution < -0.4 is 10.5 Å². The van der Waals surface area contributed by atoms with Crippen molar-refractivity contribution < 1.29 is 37.0 Å². The second-order valence-corrected chi connectivity index (χ2v) is 9.15. The molecule has 0 saturated heterocycles. The van der Waals surface area contributed by atoms with Crippen molar-refractivity contribution in [2.45, 2.75) is 24.6 Å². The number of esters is 1. The summed E-state index contributed by atoms with van der Waals surface area (Å²) >= 11 is 6.47. The van der Waals surface area contributed by atoms with Crippen molar-refractivity contribution in [1.29, 1.82) is 0 Å². The quantitative estimate of drug-likeness (QED) is 0.306. The van der Waals surface area contributed by atoms with Crippen LogP contribution in [0.4, 0.5) is 13.2 Å². The van der Waals surface area contributed by atoms with E-state index in [-0.39, 0.29) is 33.0 Å². The highest BCUT2D eigenvalue weighted by Crippen LogP contribution is 2.50. The van der Waals surface area contributed by atoms with Gasteiger partial charge in [-0.1, -0.05) is 42.8 Å². The third-order valence-electron chi connectivity index (χ3n) is 6.70. The number of carbonyl (C=O) groups excluding carboxylic acids is 1. The molecule has 7 nitrogen and oxygen atoms in total. The average Bonchev–Trinajstić information content (AvgIpc) is 3.18. The van der Waals surface area contributed by atoms with Crippen LogP contribution in [0, 0.1) is 0 Å². The maximum absolute atomic E-state index is 14.5. The highest BCUT2D eigenvalue weighted by molar-refractivity contribution is 6.31. The van der Waals surface area contributed by atoms with Crippen LogP contribution in [0.5, 0.6) is 5.75 Å². The molecule has 0 aliphatic rings. The number of fused-ring (bicyclic) bond motifs is 1. The minimum absolute atomic E-state index is 0.00882. The molecule has 0 saturated carbocycles. The topological polar surface area (TPSA) is 90.9 Å². The molecule has 1 N–H and O–H groups in total. The van der Waals surface area contributed by atoms with Gasteiger partial charge >= 0.3 is 17.9 Å². The van der Waals surface area contributed by atoms with Crippen molar-refractivity contribution in [3.05, 3.63) is 86.9 Å². The molecule has 2 atom stereocenters. The standard InChI is InChI=1S/C27H23ClF3NO6/c1-14(26(35,27(29,30)31)17-7-10-22-21(13-17)32(2)25(34)38-22)18-8-5-15(11-20(18)28)16-6-9-19(24(33)37-4)23(12-16)36-3/h5-14,35H,1-4H3. The zero-order valence-electron chi connectivity index (χ0n) is 20.7. The molecule has 38 heavy (non-hydrogen) atoms. The van der Waals surface area contributed by atoms with E-state index in [1.54, 1.807) is 18.2 Å². The highest BCUT2D eigenvalue weighted by Gasteiger charge is 2.59. The lowest BCUT2D eigenvalue weighted by Gasteiger charge is -2.37. The Morgan fingerprint density at radius 2 is 1.71 bits per heavy atom. The number of methoxy groups -OCH3 is 2. The molecule has 0 spiro atoms. The number of aryl methyl sites for hydroxylation is 1. The molecular weight excluding hydrogens is 527 g/mol. The van der Waals surface area contributed by atoms with E-state index >= 15 is 0 Å². The summed E-state index contributed by atoms with van der Waals surface area (Å²) in [4.78, 5) is 23.8. The van der Waals surface area contributed by atoms with Crippen LogP contribution in [0.2, 0.25) is 5.02 Å². The van der Waals surface area contributed by atoms with Crippen LogP contribution >= 0.6 is 11.6 Å². The molecule has 0 fully saturated rings. The Hall–Kier alpha value is -3.76. The Balaban J connectivity index is 1.78. The number of benzene rings is 3. The summed E-state index contributed by atoms with van der Waals surface area (Å²) in [6.07, 6.45) is -5.10. The van der Waals surface area contributed by atoms with Gasteiger partial charge in [0.15, 0.2) is 11.2 Å². The van der Waals surface area contributed by atoms with Crippen molar-refractivity contribution >= 4 is 28.7 Å². The van der Waals surface area contributed by atoms with Crippen LogP contribution in [0.3, 0.4) is 0 Å². The fourth-order valence-corrected chi connectivity index (χ4v) is 4.80. The summed E-state index contributed by atoms with van der Waals surface area (Å²) < 4.78 is 59.5. The first kappa shape index (κ1) is 27.3. The lowest BCUT2D eigenvalue weighted by Crippen LogP contribution is -2.46. The summed E-state index contributed by atoms with van der Waals surface area (Å²) in [7, 11) is 3.99. The molecule has 0 bridgehead atoms. The molecule has 0 amide bonds. The smallest absolute Gasteiger partial charge is 0.422 e. The van der Waals surface area contributed by atoms with Crippen molar-refractivity contribution in [3.63, 3.8) is 0 Å². The molecule has 3 aromatic carbocycles. The molecule has 2 unspecified atom stereocenters. The number of aromatic nitrogens is 1. The Labute approximate surface area is 220 Å². The number of hydrogen-bond acceptors (Lipinski definition) is 6. The van der Waals surface area contributed by atoms with Gasteiger partial charge in [0.05, 0.1) is 19.7 Å². The number of ether oxygens (including phenoxy) is 2. The SMILES string of the molecule is COC(=O)c1ccc(-c2ccc(C(C)C(O)(c3ccc4oc(=O)n(C)c4c3)C(F)(F)F)c(Cl)c2)cc1OC. The largest absolute Gasteiger partial charge is 0.496 e. The van der Waals surface area contributed by atoms with Gasteiger partial charge in [0.25, 0.3) is 0 Å². The Kier molecular flexibility index (Phi) is 7.07. The molecule has 4 aromatic rings. The van der Waals surface area contributed by atoms with Gasteiger partial charge in [0, 0.05) is 18.0 Å². The minimum Gasteiger partial charge on any atom is -0.496 e. The molecule has 4 rings (SSSR count). The van der Waals surface area contributed by atoms with Crippen molar-refractivity contribution in [1.82, 2.24) is 4.57 Å². The number of alkyl halides is 3. The van der Waals surface area contributed by atoms with Gasteiger partial charge in [0.2, 0.25) is 0 Å². The molecular formula is C27H23ClF3NO6. The van der Waals surface area contributed by atoms with Gasteiger partial charge < -0.3 is 19.0 Å². The molecule has 200 valence electrons. The van der Waals surface area contributed by atoms with Crippen molar-refractivity contribution in [2.75, 3.05) is 14.2 Å². The summed E-state index contributed by atoms with van der Waals surface area (Å²) in [5.74, 6) is -2.62. The van der Waals surface area contributed by atoms with Crippen LogP contribution in [0.15, 0.2) is 63.8 Å². The van der Waals surface area contributed by atoms with Gasteiger partial charge in [-0.3, -0.25) is 4.57 Å². The Morgan fingerprint density at radius 1 is 1.05 bits per heavy atom. The zero-order valence-corrected chi connectivity index (χ0v) is 21.5. The summed E-state index contributed by atoms with van der Waals surface area (Å²) in [5.41, 5.74) is -2.22. The van der Waals surface area contributed by atoms with E-state index in [1.165, 1.54) is 52.5 Å². The lowest BCUT2D eigenvalue weighted by atomic mass is 9.77. The molecule has 0 aliphatic carbocycles. The molecule has 1 aromatic heterocycles. The van der Waals surface area contributed by atoms with Gasteiger partial charge in [0.1, 0.15) is 11.3 Å². The number of oxazole rings is 1. The summed E-state index contributed by atoms with van der Waals surface area (Å²) in [5, 5.41) is 11.2. The number of halogens is 4. The van der Waals surface area contributed by atoms with E-state index in [2.05, 4.69) is 0 Å². The first-order valence-corrected chi connectivity index (χ1v) is 11.7. The van der Waals surface area contributed by atoms with Crippen LogP contribution in [0.1, 0.15) is 34.3 Å². The lowest BCUT2D eigenvalue weighted by molar-refractivity contribution is -0.274. The third-order valence-corrected chi connectivity index (χ3v) is 7.02. The summed E-state index contributed by atoms with van der Waals surface area (Å²) in [6.45, 7) is 1.22. The fourth-order valence-electron chi connectivity index (χ4n) is 4.46. The van der Waals surface area contributed by atoms with E-state index in [1.807, 2.05) is 0 Å². The summed E-state index contributed by atoms with van der Waals surface area (Å²) in [6, 6.07) is 12.5. The first-order valence-electron chi connectivity index (χ1n) is 11.3. The number of carbonyl (C=O) groups is 1. The number of nitrogens with zero attached hydrogens (tertiary/aromatic N) is 1. The Morgan fingerprint density at radius 3 is 2.32 bits per heavy atom. The van der Waals surface area contributed by atoms with E-state index < -0.39 is 35.0 Å². The van der Waals surface area contributed by atoms with Gasteiger partial charge in [-0.2, -0.15) is 13.2 Å². The molecule has 0 aliphatic heterocycles. The normalized spacial score (nSPS) is 14.2. The van der Waals surface area contributed by atoms with Crippen molar-refractivity contribution in [2.24, 2.45) is 7.05 Å². The predicted octanol–water partition coefficient (Wildman–Crippen LogP) is 5.80. The van der Waals surface area contributed by atoms with Gasteiger partial charge in [-0.05, 0) is 52.6 Å². The van der Waals surface area contributed by atoms with Crippen LogP contribution in [-0.4, -0.2) is 36.0 Å². The third kappa shape index (κ3) is 4.43. The average molecular weight is 550 g/mol. The second-order valence-electron chi connectivity index (χ2n) is 8.74. The second kappa shape index (κ2) is 9.85. The van der Waals surface area contributed by atoms with E-state index in [9.17, 15) is 27.9 Å². The maximum Gasteiger partial charge on any atom is 0.422 e. The number of aliphatic hydroxyl groups is 1. The molecule has 11 heteroatoms. The van der Waals surface area contributed by atoms with Crippen molar-refractivity contribution in [3.8, 4) is 16.9 Å². The monoisotopic (exact) mass is 549 g/mol. The predicted molar refractivity (Wildman–Crippen MR) is 135 cm³/mol. The molecule has 1 heterocycles. The highest BCUT2D eigenvalue weighted by atomic mass is 35.5. The van der Waals surface area contributed by atoms with E-state index in [4.69, 9.17) is 25.5 Å². The zero-order chi connectivity index (χ0) is 28.0. The van der Waals surface area contributed by atoms with Gasteiger partial charge in [-0.25, -0.2) is 9.59 Å². The fraction of sp³-hybridized carbons (Fsp3) is 0.259. The minimum atomic E-state index is -5.10. The van der Waals surface area contributed by atoms with Crippen LogP contribution in [-0.2, 0) is 17.4 Å². The number of rotatable bonds is 6. The molecule has 0 radical (unpaired) electrons. The number of hydrogen-bond donors (Lipinski definition) is 1.